The maximum atomic E-state index is 12.9. The van der Waals surface area contributed by atoms with Crippen LogP contribution < -0.4 is 15.7 Å². The number of carbonyl (C=O) groups excluding carboxylic acids is 1. The molecular formula is C22H24N4O3. The van der Waals surface area contributed by atoms with Gasteiger partial charge in [-0.15, -0.1) is 0 Å². The van der Waals surface area contributed by atoms with Gasteiger partial charge in [-0.3, -0.25) is 4.79 Å². The number of nitrogens with zero attached hydrogens (tertiary/aromatic N) is 3. The van der Waals surface area contributed by atoms with E-state index in [0.29, 0.717) is 24.8 Å². The number of hydrogen-bond acceptors (Lipinski definition) is 4. The molecule has 1 aromatic heterocycles. The number of para-hydroxylation sites is 2. The quantitative estimate of drug-likeness (QED) is 0.639. The SMILES string of the molecule is CC(Oc1ccccc1)C(=O)NCCn1nc(C2CC2)n(-c2ccccc2)c1=O. The Kier molecular flexibility index (Phi) is 5.46. The van der Waals surface area contributed by atoms with Gasteiger partial charge in [0.2, 0.25) is 0 Å². The van der Waals surface area contributed by atoms with Crippen molar-refractivity contribution in [3.05, 3.63) is 77.0 Å². The van der Waals surface area contributed by atoms with Crippen molar-refractivity contribution < 1.29 is 9.53 Å². The molecule has 4 rings (SSSR count). The number of amides is 1. The molecule has 0 spiro atoms. The zero-order valence-corrected chi connectivity index (χ0v) is 16.3. The van der Waals surface area contributed by atoms with E-state index in [2.05, 4.69) is 10.4 Å². The summed E-state index contributed by atoms with van der Waals surface area (Å²) in [4.78, 5) is 25.2. The fourth-order valence-electron chi connectivity index (χ4n) is 3.18. The highest BCUT2D eigenvalue weighted by Crippen LogP contribution is 2.39. The lowest BCUT2D eigenvalue weighted by Gasteiger charge is -2.14. The second-order valence-electron chi connectivity index (χ2n) is 7.17. The van der Waals surface area contributed by atoms with Crippen molar-refractivity contribution in [2.45, 2.75) is 38.3 Å². The smallest absolute Gasteiger partial charge is 0.350 e. The van der Waals surface area contributed by atoms with Crippen molar-refractivity contribution in [3.63, 3.8) is 0 Å². The number of carbonyl (C=O) groups is 1. The van der Waals surface area contributed by atoms with Crippen molar-refractivity contribution in [1.29, 1.82) is 0 Å². The van der Waals surface area contributed by atoms with Crippen LogP contribution in [0.5, 0.6) is 5.75 Å². The van der Waals surface area contributed by atoms with Crippen LogP contribution in [0.15, 0.2) is 65.5 Å². The number of nitrogens with one attached hydrogen (secondary N) is 1. The minimum absolute atomic E-state index is 0.180. The van der Waals surface area contributed by atoms with Crippen LogP contribution in [0.1, 0.15) is 31.5 Å². The van der Waals surface area contributed by atoms with Gasteiger partial charge in [-0.2, -0.15) is 5.10 Å². The Hall–Kier alpha value is -3.35. The average Bonchev–Trinajstić information content (AvgIpc) is 3.54. The van der Waals surface area contributed by atoms with Crippen molar-refractivity contribution in [1.82, 2.24) is 19.7 Å². The molecule has 1 fully saturated rings. The molecule has 1 heterocycles. The van der Waals surface area contributed by atoms with E-state index in [1.165, 1.54) is 4.68 Å². The molecule has 150 valence electrons. The van der Waals surface area contributed by atoms with E-state index in [0.717, 1.165) is 24.4 Å². The lowest BCUT2D eigenvalue weighted by molar-refractivity contribution is -0.127. The summed E-state index contributed by atoms with van der Waals surface area (Å²) in [6, 6.07) is 18.8. The van der Waals surface area contributed by atoms with Crippen molar-refractivity contribution >= 4 is 5.91 Å². The first-order valence-electron chi connectivity index (χ1n) is 9.88. The molecule has 1 amide bonds. The molecular weight excluding hydrogens is 368 g/mol. The number of hydrogen-bond donors (Lipinski definition) is 1. The van der Waals surface area contributed by atoms with E-state index >= 15 is 0 Å². The number of rotatable bonds is 8. The largest absolute Gasteiger partial charge is 0.481 e. The Morgan fingerprint density at radius 1 is 1.14 bits per heavy atom. The summed E-state index contributed by atoms with van der Waals surface area (Å²) in [7, 11) is 0. The molecule has 7 nitrogen and oxygen atoms in total. The monoisotopic (exact) mass is 392 g/mol. The molecule has 7 heteroatoms. The highest BCUT2D eigenvalue weighted by Gasteiger charge is 2.31. The van der Waals surface area contributed by atoms with Gasteiger partial charge in [0.25, 0.3) is 5.91 Å². The minimum atomic E-state index is -0.627. The second kappa shape index (κ2) is 8.34. The molecule has 2 aromatic carbocycles. The topological polar surface area (TPSA) is 78.2 Å². The summed E-state index contributed by atoms with van der Waals surface area (Å²) in [5.74, 6) is 1.54. The summed E-state index contributed by atoms with van der Waals surface area (Å²) in [6.07, 6.45) is 1.47. The van der Waals surface area contributed by atoms with E-state index in [1.807, 2.05) is 48.5 Å². The van der Waals surface area contributed by atoms with Gasteiger partial charge < -0.3 is 10.1 Å². The first-order chi connectivity index (χ1) is 14.1. The van der Waals surface area contributed by atoms with Gasteiger partial charge in [0.05, 0.1) is 12.2 Å². The molecule has 1 saturated carbocycles. The van der Waals surface area contributed by atoms with Crippen molar-refractivity contribution in [2.24, 2.45) is 0 Å². The van der Waals surface area contributed by atoms with Gasteiger partial charge in [0, 0.05) is 12.5 Å². The highest BCUT2D eigenvalue weighted by molar-refractivity contribution is 5.80. The zero-order valence-electron chi connectivity index (χ0n) is 16.3. The molecule has 0 radical (unpaired) electrons. The molecule has 1 aliphatic carbocycles. The zero-order chi connectivity index (χ0) is 20.2. The third kappa shape index (κ3) is 4.39. The van der Waals surface area contributed by atoms with Crippen LogP contribution in [0.25, 0.3) is 5.69 Å². The fraction of sp³-hybridized carbons (Fsp3) is 0.318. The second-order valence-corrected chi connectivity index (χ2v) is 7.17. The summed E-state index contributed by atoms with van der Waals surface area (Å²) >= 11 is 0. The Morgan fingerprint density at radius 3 is 2.45 bits per heavy atom. The third-order valence-corrected chi connectivity index (χ3v) is 4.87. The van der Waals surface area contributed by atoms with E-state index in [-0.39, 0.29) is 11.6 Å². The fourth-order valence-corrected chi connectivity index (χ4v) is 3.18. The molecule has 29 heavy (non-hydrogen) atoms. The molecule has 1 aliphatic rings. The van der Waals surface area contributed by atoms with Gasteiger partial charge in [0.15, 0.2) is 6.10 Å². The third-order valence-electron chi connectivity index (χ3n) is 4.87. The number of aromatic nitrogens is 3. The van der Waals surface area contributed by atoms with Crippen molar-refractivity contribution in [2.75, 3.05) is 6.54 Å². The van der Waals surface area contributed by atoms with Crippen LogP contribution in [0.2, 0.25) is 0 Å². The molecule has 0 aliphatic heterocycles. The molecule has 1 N–H and O–H groups in total. The standard InChI is InChI=1S/C22H24N4O3/c1-16(29-19-10-6-3-7-11-19)21(27)23-14-15-25-22(28)26(18-8-4-2-5-9-18)20(24-25)17-12-13-17/h2-11,16-17H,12-15H2,1H3,(H,23,27). The summed E-state index contributed by atoms with van der Waals surface area (Å²) < 4.78 is 8.74. The van der Waals surface area contributed by atoms with Crippen LogP contribution in [0.3, 0.4) is 0 Å². The molecule has 3 aromatic rings. The predicted octanol–water partition coefficient (Wildman–Crippen LogP) is 2.50. The van der Waals surface area contributed by atoms with Crippen molar-refractivity contribution in [3.8, 4) is 11.4 Å². The van der Waals surface area contributed by atoms with Crippen LogP contribution in [0.4, 0.5) is 0 Å². The summed E-state index contributed by atoms with van der Waals surface area (Å²) in [6.45, 7) is 2.31. The minimum Gasteiger partial charge on any atom is -0.481 e. The van der Waals surface area contributed by atoms with E-state index in [1.54, 1.807) is 23.6 Å². The first-order valence-corrected chi connectivity index (χ1v) is 9.88. The van der Waals surface area contributed by atoms with Gasteiger partial charge in [-0.1, -0.05) is 36.4 Å². The summed E-state index contributed by atoms with van der Waals surface area (Å²) in [5, 5.41) is 7.36. The molecule has 1 unspecified atom stereocenters. The van der Waals surface area contributed by atoms with Crippen LogP contribution in [-0.4, -0.2) is 32.9 Å². The average molecular weight is 392 g/mol. The van der Waals surface area contributed by atoms with Crippen LogP contribution in [0, 0.1) is 0 Å². The van der Waals surface area contributed by atoms with Gasteiger partial charge in [-0.05, 0) is 44.0 Å². The van der Waals surface area contributed by atoms with E-state index < -0.39 is 6.10 Å². The molecule has 1 atom stereocenters. The normalized spacial score (nSPS) is 14.4. The lowest BCUT2D eigenvalue weighted by Crippen LogP contribution is -2.39. The van der Waals surface area contributed by atoms with E-state index in [4.69, 9.17) is 4.74 Å². The molecule has 0 saturated heterocycles. The lowest BCUT2D eigenvalue weighted by atomic mass is 10.3. The van der Waals surface area contributed by atoms with Crippen LogP contribution >= 0.6 is 0 Å². The Labute approximate surface area is 168 Å². The maximum Gasteiger partial charge on any atom is 0.350 e. The van der Waals surface area contributed by atoms with Gasteiger partial charge >= 0.3 is 5.69 Å². The Balaban J connectivity index is 1.40. The Morgan fingerprint density at radius 2 is 1.79 bits per heavy atom. The van der Waals surface area contributed by atoms with Gasteiger partial charge in [-0.25, -0.2) is 14.0 Å². The maximum absolute atomic E-state index is 12.9. The number of ether oxygens (including phenoxy) is 1. The van der Waals surface area contributed by atoms with Gasteiger partial charge in [0.1, 0.15) is 11.6 Å². The van der Waals surface area contributed by atoms with E-state index in [9.17, 15) is 9.59 Å². The van der Waals surface area contributed by atoms with Crippen LogP contribution in [-0.2, 0) is 11.3 Å². The first kappa shape index (κ1) is 19.0. The Bertz CT molecular complexity index is 1020. The highest BCUT2D eigenvalue weighted by atomic mass is 16.5. The molecule has 0 bridgehead atoms. The predicted molar refractivity (Wildman–Crippen MR) is 109 cm³/mol. The summed E-state index contributed by atoms with van der Waals surface area (Å²) in [5.41, 5.74) is 0.639. The number of benzene rings is 2.